The number of carbonyl (C=O) groups excluding carboxylic acids is 1. The van der Waals surface area contributed by atoms with Crippen LogP contribution in [-0.2, 0) is 10.0 Å². The molecule has 2 aromatic carbocycles. The first-order chi connectivity index (χ1) is 17.3. The Bertz CT molecular complexity index is 1300. The predicted molar refractivity (Wildman–Crippen MR) is 139 cm³/mol. The van der Waals surface area contributed by atoms with E-state index in [-0.39, 0.29) is 35.8 Å². The molecule has 2 heterocycles. The monoisotopic (exact) mass is 509 g/mol. The van der Waals surface area contributed by atoms with Gasteiger partial charge in [0, 0.05) is 37.4 Å². The minimum atomic E-state index is -3.78. The Morgan fingerprint density at radius 2 is 1.58 bits per heavy atom. The molecule has 1 amide bonds. The van der Waals surface area contributed by atoms with Crippen molar-refractivity contribution in [2.75, 3.05) is 31.1 Å². The summed E-state index contributed by atoms with van der Waals surface area (Å²) < 4.78 is 28.6. The first kappa shape index (κ1) is 24.3. The predicted octanol–water partition coefficient (Wildman–Crippen LogP) is 1.94. The lowest BCUT2D eigenvalue weighted by molar-refractivity contribution is 0.0698. The Morgan fingerprint density at radius 1 is 0.889 bits per heavy atom. The van der Waals surface area contributed by atoms with Crippen molar-refractivity contribution >= 4 is 33.5 Å². The molecule has 0 atom stereocenters. The molecule has 1 aliphatic carbocycles. The minimum Gasteiger partial charge on any atom is -0.369 e. The average Bonchev–Trinajstić information content (AvgIpc) is 2.89. The quantitative estimate of drug-likeness (QED) is 0.646. The Labute approximate surface area is 211 Å². The van der Waals surface area contributed by atoms with E-state index in [1.807, 2.05) is 29.2 Å². The zero-order chi connectivity index (χ0) is 25.3. The second-order valence-electron chi connectivity index (χ2n) is 9.38. The highest BCUT2D eigenvalue weighted by atomic mass is 32.2. The lowest BCUT2D eigenvalue weighted by Gasteiger charge is -2.45. The van der Waals surface area contributed by atoms with Gasteiger partial charge < -0.3 is 16.4 Å². The largest absolute Gasteiger partial charge is 0.369 e. The van der Waals surface area contributed by atoms with Gasteiger partial charge in [-0.25, -0.2) is 13.4 Å². The highest BCUT2D eigenvalue weighted by Gasteiger charge is 2.43. The summed E-state index contributed by atoms with van der Waals surface area (Å²) in [6.45, 7) is 1.11. The van der Waals surface area contributed by atoms with Gasteiger partial charge in [0.15, 0.2) is 0 Å². The molecule has 0 unspecified atom stereocenters. The van der Waals surface area contributed by atoms with Crippen molar-refractivity contribution in [1.29, 1.82) is 0 Å². The topological polar surface area (TPSA) is 138 Å². The molecule has 0 radical (unpaired) electrons. The first-order valence-electron chi connectivity index (χ1n) is 12.2. The third kappa shape index (κ3) is 4.44. The summed E-state index contributed by atoms with van der Waals surface area (Å²) in [5.74, 6) is 0.274. The van der Waals surface area contributed by atoms with E-state index in [1.165, 1.54) is 4.31 Å². The molecule has 0 bridgehead atoms. The fourth-order valence-corrected chi connectivity index (χ4v) is 6.78. The Kier molecular flexibility index (Phi) is 6.44. The lowest BCUT2D eigenvalue weighted by Crippen LogP contribution is -2.58. The van der Waals surface area contributed by atoms with Crippen LogP contribution < -0.4 is 16.4 Å². The van der Waals surface area contributed by atoms with E-state index < -0.39 is 15.7 Å². The van der Waals surface area contributed by atoms with Gasteiger partial charge in [0.1, 0.15) is 5.66 Å². The highest BCUT2D eigenvalue weighted by Crippen LogP contribution is 2.40. The number of amides is 1. The van der Waals surface area contributed by atoms with E-state index >= 15 is 0 Å². The number of sulfonamides is 1. The summed E-state index contributed by atoms with van der Waals surface area (Å²) in [5, 5.41) is 0. The molecular formula is C25H31N7O3S. The van der Waals surface area contributed by atoms with Crippen LogP contribution >= 0.6 is 0 Å². The SMILES string of the molecule is NC1=NC2(CCCCC2)N(c2cccc(S(=O)(=O)N3CCN(C(=O)c4ccccc4)CC3)c2)C(N)=N1. The van der Waals surface area contributed by atoms with Crippen LogP contribution in [0, 0.1) is 0 Å². The number of rotatable bonds is 4. The van der Waals surface area contributed by atoms with Crippen LogP contribution in [0.25, 0.3) is 0 Å². The zero-order valence-corrected chi connectivity index (χ0v) is 20.9. The third-order valence-electron chi connectivity index (χ3n) is 7.11. The highest BCUT2D eigenvalue weighted by molar-refractivity contribution is 7.89. The third-order valence-corrected chi connectivity index (χ3v) is 9.01. The van der Waals surface area contributed by atoms with Crippen LogP contribution in [0.4, 0.5) is 5.69 Å². The molecule has 0 aromatic heterocycles. The van der Waals surface area contributed by atoms with E-state index in [1.54, 1.807) is 35.2 Å². The van der Waals surface area contributed by atoms with Gasteiger partial charge in [-0.3, -0.25) is 9.69 Å². The van der Waals surface area contributed by atoms with Gasteiger partial charge in [-0.15, -0.1) is 0 Å². The van der Waals surface area contributed by atoms with Gasteiger partial charge in [0.2, 0.25) is 21.9 Å². The molecule has 3 aliphatic rings. The molecule has 2 aromatic rings. The maximum atomic E-state index is 13.6. The van der Waals surface area contributed by atoms with Gasteiger partial charge in [0.25, 0.3) is 5.91 Å². The van der Waals surface area contributed by atoms with Crippen molar-refractivity contribution in [2.24, 2.45) is 21.5 Å². The molecule has 4 N–H and O–H groups in total. The molecule has 2 fully saturated rings. The summed E-state index contributed by atoms with van der Waals surface area (Å²) in [7, 11) is -3.78. The first-order valence-corrected chi connectivity index (χ1v) is 13.7. The average molecular weight is 510 g/mol. The van der Waals surface area contributed by atoms with Gasteiger partial charge in [-0.1, -0.05) is 30.7 Å². The molecule has 5 rings (SSSR count). The van der Waals surface area contributed by atoms with Gasteiger partial charge in [0.05, 0.1) is 4.90 Å². The van der Waals surface area contributed by atoms with E-state index in [4.69, 9.17) is 11.5 Å². The van der Waals surface area contributed by atoms with Crippen molar-refractivity contribution in [3.8, 4) is 0 Å². The number of hydrogen-bond acceptors (Lipinski definition) is 8. The molecule has 190 valence electrons. The zero-order valence-electron chi connectivity index (χ0n) is 20.1. The lowest BCUT2D eigenvalue weighted by atomic mass is 9.87. The summed E-state index contributed by atoms with van der Waals surface area (Å²) in [4.78, 5) is 25.3. The van der Waals surface area contributed by atoms with Crippen LogP contribution in [0.15, 0.2) is 69.5 Å². The molecule has 36 heavy (non-hydrogen) atoms. The van der Waals surface area contributed by atoms with Crippen LogP contribution in [0.3, 0.4) is 0 Å². The van der Waals surface area contributed by atoms with Crippen molar-refractivity contribution in [2.45, 2.75) is 42.7 Å². The Morgan fingerprint density at radius 3 is 2.28 bits per heavy atom. The van der Waals surface area contributed by atoms with E-state index in [2.05, 4.69) is 9.98 Å². The number of aliphatic imine (C=N–C) groups is 2. The molecular weight excluding hydrogens is 478 g/mol. The summed E-state index contributed by atoms with van der Waals surface area (Å²) in [6.07, 6.45) is 4.58. The maximum absolute atomic E-state index is 13.6. The van der Waals surface area contributed by atoms with Gasteiger partial charge in [-0.2, -0.15) is 9.30 Å². The minimum absolute atomic E-state index is 0.0906. The number of carbonyl (C=O) groups is 1. The number of nitrogens with two attached hydrogens (primary N) is 2. The fourth-order valence-electron chi connectivity index (χ4n) is 5.32. The normalized spacial score (nSPS) is 20.7. The van der Waals surface area contributed by atoms with Crippen molar-refractivity contribution < 1.29 is 13.2 Å². The van der Waals surface area contributed by atoms with Crippen molar-refractivity contribution in [3.63, 3.8) is 0 Å². The summed E-state index contributed by atoms with van der Waals surface area (Å²) in [6, 6.07) is 15.8. The molecule has 1 spiro atoms. The fraction of sp³-hybridized carbons (Fsp3) is 0.400. The number of nitrogens with zero attached hydrogens (tertiary/aromatic N) is 5. The van der Waals surface area contributed by atoms with Crippen LogP contribution in [0.1, 0.15) is 42.5 Å². The standard InChI is InChI=1S/C25H31N7O3S/c26-23-28-24(27)32(25(29-23)12-5-2-6-13-25)20-10-7-11-21(18-20)36(34,35)31-16-14-30(15-17-31)22(33)19-8-3-1-4-9-19/h1,3-4,7-11,18H,2,5-6,12-17H2,(H4,26,27,28,29). The van der Waals surface area contributed by atoms with Crippen molar-refractivity contribution in [3.05, 3.63) is 60.2 Å². The number of hydrogen-bond donors (Lipinski definition) is 2. The molecule has 1 saturated carbocycles. The summed E-state index contributed by atoms with van der Waals surface area (Å²) >= 11 is 0. The number of anilines is 1. The second-order valence-corrected chi connectivity index (χ2v) is 11.3. The molecule has 11 heteroatoms. The summed E-state index contributed by atoms with van der Waals surface area (Å²) in [5.41, 5.74) is 12.8. The Balaban J connectivity index is 1.36. The molecule has 10 nitrogen and oxygen atoms in total. The van der Waals surface area contributed by atoms with Gasteiger partial charge in [-0.05, 0) is 56.0 Å². The second kappa shape index (κ2) is 9.55. The van der Waals surface area contributed by atoms with Crippen molar-refractivity contribution in [1.82, 2.24) is 9.21 Å². The van der Waals surface area contributed by atoms with Crippen LogP contribution in [0.2, 0.25) is 0 Å². The smallest absolute Gasteiger partial charge is 0.253 e. The molecule has 2 aliphatic heterocycles. The number of guanidine groups is 2. The Hall–Kier alpha value is -3.44. The van der Waals surface area contributed by atoms with E-state index in [0.29, 0.717) is 24.3 Å². The number of benzene rings is 2. The maximum Gasteiger partial charge on any atom is 0.253 e. The number of piperazine rings is 1. The molecule has 1 saturated heterocycles. The van der Waals surface area contributed by atoms with Crippen LogP contribution in [0.5, 0.6) is 0 Å². The van der Waals surface area contributed by atoms with Gasteiger partial charge >= 0.3 is 0 Å². The van der Waals surface area contributed by atoms with E-state index in [9.17, 15) is 13.2 Å². The van der Waals surface area contributed by atoms with Crippen LogP contribution in [-0.4, -0.2) is 67.3 Å². The van der Waals surface area contributed by atoms with E-state index in [0.717, 1.165) is 32.1 Å².